The van der Waals surface area contributed by atoms with E-state index < -0.39 is 0 Å². The number of esters is 1. The van der Waals surface area contributed by atoms with Gasteiger partial charge in [-0.2, -0.15) is 0 Å². The van der Waals surface area contributed by atoms with Crippen LogP contribution in [0.15, 0.2) is 49.1 Å². The van der Waals surface area contributed by atoms with Crippen LogP contribution in [-0.4, -0.2) is 12.6 Å². The fourth-order valence-corrected chi connectivity index (χ4v) is 0.618. The summed E-state index contributed by atoms with van der Waals surface area (Å²) in [6, 6.07) is 0. The van der Waals surface area contributed by atoms with Gasteiger partial charge >= 0.3 is 0 Å². The molecule has 0 radical (unpaired) electrons. The maximum absolute atomic E-state index is 10.6. The van der Waals surface area contributed by atoms with Gasteiger partial charge in [0, 0.05) is 0 Å². The van der Waals surface area contributed by atoms with E-state index in [2.05, 4.69) is 13.5 Å². The van der Waals surface area contributed by atoms with E-state index in [9.17, 15) is 4.79 Å². The zero-order chi connectivity index (χ0) is 10.6. The third kappa shape index (κ3) is 8.53. The Morgan fingerprint density at radius 3 is 2.50 bits per heavy atom. The molecule has 2 nitrogen and oxygen atoms in total. The molecule has 0 aromatic heterocycles. The number of allylic oxidation sites excluding steroid dienone is 6. The van der Waals surface area contributed by atoms with Gasteiger partial charge in [-0.05, 0) is 6.08 Å². The van der Waals surface area contributed by atoms with Gasteiger partial charge < -0.3 is 11.7 Å². The van der Waals surface area contributed by atoms with Crippen LogP contribution in [0.4, 0.5) is 0 Å². The standard InChI is InChI=1S/C12H15O2/c1-3-5-6-7-8-9-10-11-14-12(13)4-2/h3,5-10H,1-2,4,11H2/q-1/b6-5-,8-7-,10-9+. The molecular formula is C12H15O2-. The summed E-state index contributed by atoms with van der Waals surface area (Å²) in [6.07, 6.45) is 12.8. The third-order valence-electron chi connectivity index (χ3n) is 1.26. The highest BCUT2D eigenvalue weighted by molar-refractivity contribution is 5.69. The minimum Gasteiger partial charge on any atom is -0.463 e. The molecule has 0 saturated carbocycles. The summed E-state index contributed by atoms with van der Waals surface area (Å²) in [5.74, 6) is -0.287. The lowest BCUT2D eigenvalue weighted by Crippen LogP contribution is -2.01. The van der Waals surface area contributed by atoms with Crippen LogP contribution in [0.2, 0.25) is 0 Å². The molecular weight excluding hydrogens is 176 g/mol. The Morgan fingerprint density at radius 1 is 1.21 bits per heavy atom. The van der Waals surface area contributed by atoms with Gasteiger partial charge in [0.25, 0.3) is 5.97 Å². The van der Waals surface area contributed by atoms with Gasteiger partial charge in [0.2, 0.25) is 0 Å². The molecule has 2 heteroatoms. The molecule has 0 unspecified atom stereocenters. The van der Waals surface area contributed by atoms with Gasteiger partial charge in [-0.3, -0.25) is 4.79 Å². The second kappa shape index (κ2) is 9.52. The summed E-state index contributed by atoms with van der Waals surface area (Å²) in [5.41, 5.74) is 0. The average molecular weight is 191 g/mol. The second-order valence-corrected chi connectivity index (χ2v) is 2.37. The van der Waals surface area contributed by atoms with Crippen LogP contribution in [0.1, 0.15) is 6.42 Å². The molecule has 14 heavy (non-hydrogen) atoms. The molecule has 0 rings (SSSR count). The average Bonchev–Trinajstić information content (AvgIpc) is 2.21. The Morgan fingerprint density at radius 2 is 1.86 bits per heavy atom. The Bertz CT molecular complexity index is 247. The minimum absolute atomic E-state index is 0.172. The fraction of sp³-hybridized carbons (Fsp3) is 0.167. The second-order valence-electron chi connectivity index (χ2n) is 2.37. The topological polar surface area (TPSA) is 26.3 Å². The van der Waals surface area contributed by atoms with Crippen LogP contribution in [0.5, 0.6) is 0 Å². The van der Waals surface area contributed by atoms with Crippen molar-refractivity contribution in [3.8, 4) is 0 Å². The van der Waals surface area contributed by atoms with Crippen molar-refractivity contribution in [2.24, 2.45) is 0 Å². The summed E-state index contributed by atoms with van der Waals surface area (Å²) in [5, 5.41) is 0. The van der Waals surface area contributed by atoms with Crippen molar-refractivity contribution in [2.45, 2.75) is 6.42 Å². The Labute approximate surface area is 85.3 Å². The minimum atomic E-state index is -0.287. The van der Waals surface area contributed by atoms with Crippen molar-refractivity contribution in [1.29, 1.82) is 0 Å². The first-order chi connectivity index (χ1) is 6.81. The van der Waals surface area contributed by atoms with Crippen LogP contribution in [0.25, 0.3) is 0 Å². The number of hydrogen-bond acceptors (Lipinski definition) is 2. The van der Waals surface area contributed by atoms with Gasteiger partial charge in [-0.15, -0.1) is 0 Å². The van der Waals surface area contributed by atoms with Crippen LogP contribution in [0.3, 0.4) is 0 Å². The molecule has 0 aliphatic rings. The van der Waals surface area contributed by atoms with Gasteiger partial charge in [0.15, 0.2) is 0 Å². The third-order valence-corrected chi connectivity index (χ3v) is 1.26. The normalized spacial score (nSPS) is 11.5. The van der Waals surface area contributed by atoms with Crippen molar-refractivity contribution < 1.29 is 9.53 Å². The van der Waals surface area contributed by atoms with E-state index >= 15 is 0 Å². The van der Waals surface area contributed by atoms with E-state index in [1.165, 1.54) is 0 Å². The van der Waals surface area contributed by atoms with Crippen molar-refractivity contribution in [3.63, 3.8) is 0 Å². The molecule has 0 aromatic carbocycles. The van der Waals surface area contributed by atoms with Crippen LogP contribution in [-0.2, 0) is 9.53 Å². The van der Waals surface area contributed by atoms with Crippen molar-refractivity contribution in [2.75, 3.05) is 6.61 Å². The molecule has 0 atom stereocenters. The summed E-state index contributed by atoms with van der Waals surface area (Å²) in [6.45, 7) is 7.23. The van der Waals surface area contributed by atoms with E-state index in [0.29, 0.717) is 6.61 Å². The first-order valence-corrected chi connectivity index (χ1v) is 4.37. The maximum atomic E-state index is 10.6. The Hall–Kier alpha value is -1.57. The SMILES string of the molecule is C=C\C=C/C=C\C=C\COC(=O)C[CH2-]. The van der Waals surface area contributed by atoms with Gasteiger partial charge in [0.05, 0.1) is 0 Å². The Balaban J connectivity index is 3.53. The Kier molecular flexibility index (Phi) is 8.45. The van der Waals surface area contributed by atoms with Crippen molar-refractivity contribution in [3.05, 3.63) is 56.0 Å². The van der Waals surface area contributed by atoms with Crippen molar-refractivity contribution in [1.82, 2.24) is 0 Å². The van der Waals surface area contributed by atoms with E-state index in [-0.39, 0.29) is 12.4 Å². The lowest BCUT2D eigenvalue weighted by Gasteiger charge is -1.98. The molecule has 0 fully saturated rings. The summed E-state index contributed by atoms with van der Waals surface area (Å²) in [4.78, 5) is 10.6. The molecule has 0 saturated heterocycles. The van der Waals surface area contributed by atoms with Gasteiger partial charge in [-0.1, -0.05) is 49.5 Å². The quantitative estimate of drug-likeness (QED) is 0.366. The molecule has 0 amide bonds. The van der Waals surface area contributed by atoms with E-state index in [1.54, 1.807) is 12.2 Å². The molecule has 0 aliphatic carbocycles. The molecule has 0 bridgehead atoms. The highest BCUT2D eigenvalue weighted by atomic mass is 16.5. The van der Waals surface area contributed by atoms with Crippen molar-refractivity contribution >= 4 is 5.97 Å². The van der Waals surface area contributed by atoms with Crippen LogP contribution >= 0.6 is 0 Å². The lowest BCUT2D eigenvalue weighted by atomic mass is 10.4. The highest BCUT2D eigenvalue weighted by Crippen LogP contribution is 1.86. The lowest BCUT2D eigenvalue weighted by molar-refractivity contribution is -0.141. The zero-order valence-electron chi connectivity index (χ0n) is 8.19. The van der Waals surface area contributed by atoms with E-state index in [4.69, 9.17) is 4.74 Å². The number of hydrogen-bond donors (Lipinski definition) is 0. The molecule has 76 valence electrons. The fourth-order valence-electron chi connectivity index (χ4n) is 0.618. The van der Waals surface area contributed by atoms with E-state index in [0.717, 1.165) is 0 Å². The summed E-state index contributed by atoms with van der Waals surface area (Å²) in [7, 11) is 0. The molecule has 0 aromatic rings. The predicted octanol–water partition coefficient (Wildman–Crippen LogP) is 2.61. The highest BCUT2D eigenvalue weighted by Gasteiger charge is 1.88. The molecule has 0 heterocycles. The first-order valence-electron chi connectivity index (χ1n) is 4.37. The largest absolute Gasteiger partial charge is 0.463 e. The molecule has 0 N–H and O–H groups in total. The smallest absolute Gasteiger partial charge is 0.275 e. The number of ether oxygens (including phenoxy) is 1. The number of carbonyl (C=O) groups excluding carboxylic acids is 1. The number of carbonyl (C=O) groups is 1. The summed E-state index contributed by atoms with van der Waals surface area (Å²) < 4.78 is 4.76. The van der Waals surface area contributed by atoms with Crippen LogP contribution in [0, 0.1) is 6.92 Å². The van der Waals surface area contributed by atoms with E-state index in [1.807, 2.05) is 30.4 Å². The van der Waals surface area contributed by atoms with Gasteiger partial charge in [0.1, 0.15) is 6.61 Å². The predicted molar refractivity (Wildman–Crippen MR) is 58.6 cm³/mol. The monoisotopic (exact) mass is 191 g/mol. The number of rotatable bonds is 6. The zero-order valence-corrected chi connectivity index (χ0v) is 8.19. The molecule has 0 aliphatic heterocycles. The maximum Gasteiger partial charge on any atom is 0.275 e. The summed E-state index contributed by atoms with van der Waals surface area (Å²) >= 11 is 0. The van der Waals surface area contributed by atoms with Crippen LogP contribution < -0.4 is 0 Å². The van der Waals surface area contributed by atoms with Gasteiger partial charge in [-0.25, -0.2) is 0 Å². The first kappa shape index (κ1) is 12.4. The molecule has 0 spiro atoms.